The normalized spacial score (nSPS) is 16.7. The van der Waals surface area contributed by atoms with Gasteiger partial charge in [0.1, 0.15) is 6.07 Å². The van der Waals surface area contributed by atoms with Crippen molar-refractivity contribution >= 4 is 33.9 Å². The van der Waals surface area contributed by atoms with Gasteiger partial charge in [0.05, 0.1) is 45.2 Å². The summed E-state index contributed by atoms with van der Waals surface area (Å²) in [6.45, 7) is 8.65. The summed E-state index contributed by atoms with van der Waals surface area (Å²) in [5, 5.41) is 28.0. The zero-order valence-electron chi connectivity index (χ0n) is 23.5. The molecule has 2 aromatic carbocycles. The molecule has 0 bridgehead atoms. The Kier molecular flexibility index (Phi) is 7.38. The minimum absolute atomic E-state index is 0.0121. The first-order chi connectivity index (χ1) is 19.8. The fourth-order valence-corrected chi connectivity index (χ4v) is 5.28. The molecular formula is C30H30ClF3N8. The molecule has 42 heavy (non-hydrogen) atoms. The van der Waals surface area contributed by atoms with E-state index in [2.05, 4.69) is 59.5 Å². The van der Waals surface area contributed by atoms with Crippen LogP contribution >= 0.6 is 11.6 Å². The average molecular weight is 595 g/mol. The Labute approximate surface area is 247 Å². The Morgan fingerprint density at radius 3 is 2.48 bits per heavy atom. The van der Waals surface area contributed by atoms with Crippen LogP contribution in [0.2, 0.25) is 5.02 Å². The van der Waals surface area contributed by atoms with Gasteiger partial charge < -0.3 is 16.1 Å². The van der Waals surface area contributed by atoms with Gasteiger partial charge in [-0.25, -0.2) is 0 Å². The van der Waals surface area contributed by atoms with Gasteiger partial charge in [-0.1, -0.05) is 38.4 Å². The second kappa shape index (κ2) is 10.6. The molecule has 1 aliphatic heterocycles. The lowest BCUT2D eigenvalue weighted by Crippen LogP contribution is -2.52. The maximum absolute atomic E-state index is 13.9. The van der Waals surface area contributed by atoms with Gasteiger partial charge in [0.15, 0.2) is 5.54 Å². The molecule has 1 fully saturated rings. The molecule has 2 heterocycles. The summed E-state index contributed by atoms with van der Waals surface area (Å²) in [6.07, 6.45) is -1.51. The molecule has 0 spiro atoms. The van der Waals surface area contributed by atoms with Crippen LogP contribution in [-0.2, 0) is 0 Å². The number of anilines is 2. The molecule has 218 valence electrons. The Morgan fingerprint density at radius 2 is 1.88 bits per heavy atom. The van der Waals surface area contributed by atoms with Gasteiger partial charge in [-0.3, -0.25) is 9.99 Å². The fraction of sp³-hybridized carbons (Fsp3) is 0.367. The van der Waals surface area contributed by atoms with Crippen LogP contribution in [0, 0.1) is 35.0 Å². The van der Waals surface area contributed by atoms with Crippen LogP contribution in [-0.4, -0.2) is 28.3 Å². The summed E-state index contributed by atoms with van der Waals surface area (Å²) in [5.74, 6) is 0. The molecule has 4 N–H and O–H groups in total. The van der Waals surface area contributed by atoms with E-state index in [1.807, 2.05) is 13.0 Å². The van der Waals surface area contributed by atoms with E-state index >= 15 is 0 Å². The number of rotatable bonds is 7. The minimum Gasteiger partial charge on any atom is -0.383 e. The number of nitriles is 2. The number of hydrazine groups is 2. The standard InChI is InChI=1S/C30H30ClF3N8/c1-17-9-18(12-35)5-6-21(17)27(24-15-42(41-40-24)29(7-8-29)30(32,33)34)39-20-10-22-25(38-16-28(2,3)4)19(13-36)14-37-26(22)23(31)11-20/h5-6,9-11,14-15,27,39-41H,7-8,16H2,1-4H3,(H,37,38)/t27-/m0/s1. The number of hydrogen-bond acceptors (Lipinski definition) is 8. The van der Waals surface area contributed by atoms with Crippen LogP contribution in [0.1, 0.15) is 61.9 Å². The molecule has 5 rings (SSSR count). The van der Waals surface area contributed by atoms with Gasteiger partial charge in [0.25, 0.3) is 0 Å². The van der Waals surface area contributed by atoms with Gasteiger partial charge in [-0.2, -0.15) is 23.7 Å². The molecule has 1 aliphatic carbocycles. The van der Waals surface area contributed by atoms with Crippen LogP contribution in [0.4, 0.5) is 24.5 Å². The second-order valence-electron chi connectivity index (χ2n) is 11.9. The third-order valence-electron chi connectivity index (χ3n) is 7.47. The SMILES string of the molecule is Cc1cc(C#N)ccc1[C@H](Nc1cc(Cl)c2ncc(C#N)c(NCC(C)(C)C)c2c1)C1=CN(C2(C(F)(F)F)CC2)NN1. The molecule has 0 unspecified atom stereocenters. The highest BCUT2D eigenvalue weighted by atomic mass is 35.5. The molecule has 0 saturated heterocycles. The van der Waals surface area contributed by atoms with E-state index in [9.17, 15) is 23.7 Å². The first kappa shape index (κ1) is 29.3. The number of benzene rings is 2. The van der Waals surface area contributed by atoms with E-state index in [4.69, 9.17) is 11.6 Å². The summed E-state index contributed by atoms with van der Waals surface area (Å²) in [5.41, 5.74) is 8.05. The van der Waals surface area contributed by atoms with Crippen LogP contribution in [0.5, 0.6) is 0 Å². The van der Waals surface area contributed by atoms with Crippen molar-refractivity contribution in [1.82, 2.24) is 21.0 Å². The summed E-state index contributed by atoms with van der Waals surface area (Å²) < 4.78 is 41.7. The number of nitrogens with one attached hydrogen (secondary N) is 4. The molecule has 1 aromatic heterocycles. The number of pyridine rings is 1. The van der Waals surface area contributed by atoms with Crippen molar-refractivity contribution in [2.75, 3.05) is 17.2 Å². The van der Waals surface area contributed by atoms with E-state index in [0.717, 1.165) is 16.1 Å². The van der Waals surface area contributed by atoms with E-state index < -0.39 is 17.8 Å². The lowest BCUT2D eigenvalue weighted by Gasteiger charge is -2.28. The number of fused-ring (bicyclic) bond motifs is 1. The number of nitrogens with zero attached hydrogens (tertiary/aromatic N) is 4. The highest BCUT2D eigenvalue weighted by Gasteiger charge is 2.67. The molecule has 1 saturated carbocycles. The molecule has 2 aliphatic rings. The van der Waals surface area contributed by atoms with Crippen LogP contribution in [0.15, 0.2) is 48.4 Å². The van der Waals surface area contributed by atoms with E-state index in [1.165, 1.54) is 12.4 Å². The smallest absolute Gasteiger partial charge is 0.383 e. The van der Waals surface area contributed by atoms with Crippen LogP contribution < -0.4 is 21.6 Å². The highest BCUT2D eigenvalue weighted by Crippen LogP contribution is 2.53. The molecule has 12 heteroatoms. The first-order valence-corrected chi connectivity index (χ1v) is 13.8. The number of aryl methyl sites for hydroxylation is 1. The summed E-state index contributed by atoms with van der Waals surface area (Å²) in [4.78, 5) is 4.41. The average Bonchev–Trinajstić information content (AvgIpc) is 3.61. The Balaban J connectivity index is 1.59. The zero-order valence-corrected chi connectivity index (χ0v) is 24.3. The van der Waals surface area contributed by atoms with Crippen molar-refractivity contribution < 1.29 is 13.2 Å². The lowest BCUT2D eigenvalue weighted by atomic mass is 9.96. The molecule has 0 radical (unpaired) electrons. The maximum Gasteiger partial charge on any atom is 0.413 e. The molecule has 0 amide bonds. The zero-order chi connectivity index (χ0) is 30.4. The van der Waals surface area contributed by atoms with Crippen molar-refractivity contribution in [1.29, 1.82) is 10.5 Å². The maximum atomic E-state index is 13.9. The Morgan fingerprint density at radius 1 is 1.14 bits per heavy atom. The predicted molar refractivity (Wildman–Crippen MR) is 156 cm³/mol. The third kappa shape index (κ3) is 5.50. The van der Waals surface area contributed by atoms with Gasteiger partial charge in [0, 0.05) is 30.0 Å². The van der Waals surface area contributed by atoms with Gasteiger partial charge in [0.2, 0.25) is 0 Å². The van der Waals surface area contributed by atoms with Crippen molar-refractivity contribution in [3.8, 4) is 12.1 Å². The van der Waals surface area contributed by atoms with Gasteiger partial charge >= 0.3 is 6.18 Å². The van der Waals surface area contributed by atoms with E-state index in [0.29, 0.717) is 50.7 Å². The van der Waals surface area contributed by atoms with E-state index in [-0.39, 0.29) is 18.3 Å². The summed E-state index contributed by atoms with van der Waals surface area (Å²) in [6, 6.07) is 12.4. The minimum atomic E-state index is -4.41. The van der Waals surface area contributed by atoms with Gasteiger partial charge in [-0.15, -0.1) is 5.53 Å². The quantitative estimate of drug-likeness (QED) is 0.236. The number of alkyl halides is 3. The first-order valence-electron chi connectivity index (χ1n) is 13.4. The molecule has 1 atom stereocenters. The van der Waals surface area contributed by atoms with Crippen LogP contribution in [0.25, 0.3) is 10.9 Å². The molecule has 8 nitrogen and oxygen atoms in total. The van der Waals surface area contributed by atoms with Crippen molar-refractivity contribution in [3.63, 3.8) is 0 Å². The predicted octanol–water partition coefficient (Wildman–Crippen LogP) is 6.81. The Hall–Kier alpha value is -4.19. The van der Waals surface area contributed by atoms with Crippen molar-refractivity contribution in [2.45, 2.75) is 58.3 Å². The number of hydrogen-bond donors (Lipinski definition) is 4. The topological polar surface area (TPSA) is 112 Å². The third-order valence-corrected chi connectivity index (χ3v) is 7.76. The molecule has 3 aromatic rings. The number of halogens is 4. The Bertz CT molecular complexity index is 1660. The largest absolute Gasteiger partial charge is 0.413 e. The monoisotopic (exact) mass is 594 g/mol. The molecular weight excluding hydrogens is 565 g/mol. The van der Waals surface area contributed by atoms with E-state index in [1.54, 1.807) is 24.3 Å². The summed E-state index contributed by atoms with van der Waals surface area (Å²) in [7, 11) is 0. The van der Waals surface area contributed by atoms with Crippen molar-refractivity contribution in [3.05, 3.63) is 75.7 Å². The van der Waals surface area contributed by atoms with Crippen LogP contribution in [0.3, 0.4) is 0 Å². The lowest BCUT2D eigenvalue weighted by molar-refractivity contribution is -0.195. The summed E-state index contributed by atoms with van der Waals surface area (Å²) >= 11 is 6.70. The fourth-order valence-electron chi connectivity index (χ4n) is 5.02. The second-order valence-corrected chi connectivity index (χ2v) is 12.3. The highest BCUT2D eigenvalue weighted by molar-refractivity contribution is 6.35. The van der Waals surface area contributed by atoms with Gasteiger partial charge in [-0.05, 0) is 60.6 Å². The van der Waals surface area contributed by atoms with Crippen molar-refractivity contribution in [2.24, 2.45) is 5.41 Å². The number of aromatic nitrogens is 1.